The molecule has 2 heterocycles. The fourth-order valence-electron chi connectivity index (χ4n) is 1.98. The lowest BCUT2D eigenvalue weighted by atomic mass is 10.3. The number of rotatable bonds is 3. The maximum absolute atomic E-state index is 9.55. The molecular weight excluding hydrogens is 300 g/mol. The highest BCUT2D eigenvalue weighted by Crippen LogP contribution is 2.12. The Balaban J connectivity index is 0.000000284. The van der Waals surface area contributed by atoms with Crippen LogP contribution in [0.3, 0.4) is 0 Å². The van der Waals surface area contributed by atoms with Crippen LogP contribution >= 0.6 is 0 Å². The molecule has 1 aromatic rings. The standard InChI is InChI=1S/C11H18N4.C4H4O4/c1-10-4-5-11(13-12-10)15-7-3-6-14(2)8-9-15;5-3(6)1-2-4(7)8/h4-5H,3,6-9H2,1-2H3;1-2H,(H,5,6)(H,7,8)/b;2-1+. The number of hydrogen-bond acceptors (Lipinski definition) is 6. The van der Waals surface area contributed by atoms with Crippen molar-refractivity contribution in [2.75, 3.05) is 38.1 Å². The third-order valence-electron chi connectivity index (χ3n) is 3.20. The quantitative estimate of drug-likeness (QED) is 0.781. The maximum Gasteiger partial charge on any atom is 0.328 e. The van der Waals surface area contributed by atoms with E-state index in [0.717, 1.165) is 31.1 Å². The molecule has 0 atom stereocenters. The summed E-state index contributed by atoms with van der Waals surface area (Å²) < 4.78 is 0. The lowest BCUT2D eigenvalue weighted by Gasteiger charge is -2.20. The van der Waals surface area contributed by atoms with E-state index in [1.54, 1.807) is 0 Å². The Hall–Kier alpha value is -2.48. The number of aryl methyl sites for hydroxylation is 1. The number of likely N-dealkylation sites (N-methyl/N-ethyl adjacent to an activating group) is 1. The van der Waals surface area contributed by atoms with E-state index < -0.39 is 11.9 Å². The summed E-state index contributed by atoms with van der Waals surface area (Å²) in [4.78, 5) is 23.8. The number of carboxylic acids is 2. The molecule has 0 unspecified atom stereocenters. The third-order valence-corrected chi connectivity index (χ3v) is 3.20. The van der Waals surface area contributed by atoms with Crippen LogP contribution in [0.2, 0.25) is 0 Å². The first-order valence-electron chi connectivity index (χ1n) is 7.26. The van der Waals surface area contributed by atoms with Crippen molar-refractivity contribution >= 4 is 17.8 Å². The van der Waals surface area contributed by atoms with Crippen LogP contribution in [0.4, 0.5) is 5.82 Å². The summed E-state index contributed by atoms with van der Waals surface area (Å²) in [7, 11) is 2.17. The summed E-state index contributed by atoms with van der Waals surface area (Å²) in [6.45, 7) is 6.38. The fourth-order valence-corrected chi connectivity index (χ4v) is 1.98. The minimum Gasteiger partial charge on any atom is -0.478 e. The summed E-state index contributed by atoms with van der Waals surface area (Å²) in [5.41, 5.74) is 0.977. The molecule has 8 heteroatoms. The second-order valence-electron chi connectivity index (χ2n) is 5.19. The van der Waals surface area contributed by atoms with Gasteiger partial charge in [0.2, 0.25) is 0 Å². The molecule has 2 rings (SSSR count). The molecule has 0 spiro atoms. The molecule has 1 aromatic heterocycles. The number of nitrogens with zero attached hydrogens (tertiary/aromatic N) is 4. The van der Waals surface area contributed by atoms with Gasteiger partial charge in [0, 0.05) is 31.8 Å². The van der Waals surface area contributed by atoms with Gasteiger partial charge in [-0.05, 0) is 39.1 Å². The molecule has 1 aliphatic heterocycles. The monoisotopic (exact) mass is 322 g/mol. The Bertz CT molecular complexity index is 529. The number of aromatic nitrogens is 2. The zero-order valence-electron chi connectivity index (χ0n) is 13.3. The third kappa shape index (κ3) is 7.91. The second-order valence-corrected chi connectivity index (χ2v) is 5.19. The van der Waals surface area contributed by atoms with Crippen LogP contribution in [-0.2, 0) is 9.59 Å². The van der Waals surface area contributed by atoms with Gasteiger partial charge in [-0.15, -0.1) is 5.10 Å². The molecule has 126 valence electrons. The van der Waals surface area contributed by atoms with E-state index in [2.05, 4.69) is 33.1 Å². The molecular formula is C15H22N4O4. The predicted octanol–water partition coefficient (Wildman–Crippen LogP) is 0.639. The summed E-state index contributed by atoms with van der Waals surface area (Å²) >= 11 is 0. The minimum atomic E-state index is -1.26. The molecule has 1 fully saturated rings. The molecule has 8 nitrogen and oxygen atoms in total. The molecule has 0 aliphatic carbocycles. The summed E-state index contributed by atoms with van der Waals surface area (Å²) in [5, 5.41) is 23.9. The molecule has 0 radical (unpaired) electrons. The van der Waals surface area contributed by atoms with Crippen LogP contribution in [0.1, 0.15) is 12.1 Å². The predicted molar refractivity (Wildman–Crippen MR) is 85.5 cm³/mol. The van der Waals surface area contributed by atoms with Crippen molar-refractivity contribution in [2.24, 2.45) is 0 Å². The first kappa shape index (κ1) is 18.6. The molecule has 0 bridgehead atoms. The highest BCUT2D eigenvalue weighted by atomic mass is 16.4. The van der Waals surface area contributed by atoms with Crippen molar-refractivity contribution in [3.05, 3.63) is 30.0 Å². The molecule has 0 saturated carbocycles. The van der Waals surface area contributed by atoms with Gasteiger partial charge in [-0.3, -0.25) is 0 Å². The van der Waals surface area contributed by atoms with Crippen LogP contribution in [-0.4, -0.2) is 70.5 Å². The van der Waals surface area contributed by atoms with Gasteiger partial charge in [-0.25, -0.2) is 9.59 Å². The zero-order chi connectivity index (χ0) is 17.2. The smallest absolute Gasteiger partial charge is 0.328 e. The van der Waals surface area contributed by atoms with Crippen LogP contribution in [0.5, 0.6) is 0 Å². The van der Waals surface area contributed by atoms with Crippen molar-refractivity contribution in [1.82, 2.24) is 15.1 Å². The van der Waals surface area contributed by atoms with Crippen LogP contribution in [0, 0.1) is 6.92 Å². The van der Waals surface area contributed by atoms with Gasteiger partial charge in [-0.2, -0.15) is 5.10 Å². The topological polar surface area (TPSA) is 107 Å². The van der Waals surface area contributed by atoms with Crippen molar-refractivity contribution in [1.29, 1.82) is 0 Å². The number of aliphatic carboxylic acids is 2. The van der Waals surface area contributed by atoms with E-state index in [4.69, 9.17) is 10.2 Å². The van der Waals surface area contributed by atoms with E-state index in [1.807, 2.05) is 13.0 Å². The lowest BCUT2D eigenvalue weighted by molar-refractivity contribution is -0.134. The van der Waals surface area contributed by atoms with Crippen LogP contribution in [0.15, 0.2) is 24.3 Å². The van der Waals surface area contributed by atoms with Gasteiger partial charge in [0.15, 0.2) is 5.82 Å². The average molecular weight is 322 g/mol. The van der Waals surface area contributed by atoms with Gasteiger partial charge in [-0.1, -0.05) is 0 Å². The Morgan fingerprint density at radius 3 is 2.22 bits per heavy atom. The van der Waals surface area contributed by atoms with Crippen molar-refractivity contribution in [2.45, 2.75) is 13.3 Å². The zero-order valence-corrected chi connectivity index (χ0v) is 13.3. The number of carbonyl (C=O) groups is 2. The summed E-state index contributed by atoms with van der Waals surface area (Å²) in [6, 6.07) is 4.09. The van der Waals surface area contributed by atoms with Gasteiger partial charge in [0.1, 0.15) is 0 Å². The number of hydrogen-bond donors (Lipinski definition) is 2. The van der Waals surface area contributed by atoms with Gasteiger partial charge in [0.25, 0.3) is 0 Å². The van der Waals surface area contributed by atoms with E-state index in [1.165, 1.54) is 13.0 Å². The normalized spacial score (nSPS) is 15.7. The SMILES string of the molecule is Cc1ccc(N2CCCN(C)CC2)nn1.O=C(O)/C=C/C(=O)O. The number of carboxylic acid groups (broad SMARTS) is 2. The Morgan fingerprint density at radius 1 is 1.04 bits per heavy atom. The van der Waals surface area contributed by atoms with Crippen LogP contribution in [0.25, 0.3) is 0 Å². The van der Waals surface area contributed by atoms with Crippen molar-refractivity contribution in [3.63, 3.8) is 0 Å². The molecule has 0 amide bonds. The highest BCUT2D eigenvalue weighted by Gasteiger charge is 2.13. The fraction of sp³-hybridized carbons (Fsp3) is 0.467. The Morgan fingerprint density at radius 2 is 1.70 bits per heavy atom. The molecule has 23 heavy (non-hydrogen) atoms. The summed E-state index contributed by atoms with van der Waals surface area (Å²) in [5.74, 6) is -1.50. The first-order chi connectivity index (χ1) is 10.9. The maximum atomic E-state index is 9.55. The van der Waals surface area contributed by atoms with Crippen LogP contribution < -0.4 is 4.90 Å². The lowest BCUT2D eigenvalue weighted by Crippen LogP contribution is -2.29. The Kier molecular flexibility index (Phi) is 7.69. The van der Waals surface area contributed by atoms with Gasteiger partial charge < -0.3 is 20.0 Å². The van der Waals surface area contributed by atoms with Crippen molar-refractivity contribution in [3.8, 4) is 0 Å². The average Bonchev–Trinajstić information content (AvgIpc) is 2.71. The van der Waals surface area contributed by atoms with E-state index in [0.29, 0.717) is 12.2 Å². The minimum absolute atomic E-state index is 0.558. The van der Waals surface area contributed by atoms with Gasteiger partial charge >= 0.3 is 11.9 Å². The first-order valence-corrected chi connectivity index (χ1v) is 7.26. The van der Waals surface area contributed by atoms with Crippen molar-refractivity contribution < 1.29 is 19.8 Å². The van der Waals surface area contributed by atoms with E-state index in [-0.39, 0.29) is 0 Å². The van der Waals surface area contributed by atoms with E-state index in [9.17, 15) is 9.59 Å². The van der Waals surface area contributed by atoms with E-state index >= 15 is 0 Å². The second kappa shape index (κ2) is 9.52. The highest BCUT2D eigenvalue weighted by molar-refractivity contribution is 5.89. The van der Waals surface area contributed by atoms with Gasteiger partial charge in [0.05, 0.1) is 5.69 Å². The summed E-state index contributed by atoms with van der Waals surface area (Å²) in [6.07, 6.45) is 2.32. The molecule has 1 aliphatic rings. The number of anilines is 1. The Labute approximate surface area is 135 Å². The molecule has 1 saturated heterocycles. The molecule has 0 aromatic carbocycles. The largest absolute Gasteiger partial charge is 0.478 e. The molecule has 2 N–H and O–H groups in total.